The first kappa shape index (κ1) is 13.4. The predicted molar refractivity (Wildman–Crippen MR) is 74.1 cm³/mol. The Morgan fingerprint density at radius 3 is 2.89 bits per heavy atom. The lowest BCUT2D eigenvalue weighted by molar-refractivity contribution is -0.117. The van der Waals surface area contributed by atoms with Crippen molar-refractivity contribution in [1.29, 1.82) is 0 Å². The van der Waals surface area contributed by atoms with Crippen LogP contribution in [0.1, 0.15) is 6.42 Å². The maximum absolute atomic E-state index is 11.8. The van der Waals surface area contributed by atoms with Crippen molar-refractivity contribution >= 4 is 23.4 Å². The Morgan fingerprint density at radius 2 is 2.28 bits per heavy atom. The van der Waals surface area contributed by atoms with Crippen molar-refractivity contribution in [2.75, 3.05) is 31.3 Å². The SMILES string of the molecule is CSc1ccc(NC(=O)CC2COCCN2)cc1. The van der Waals surface area contributed by atoms with E-state index in [9.17, 15) is 4.79 Å². The van der Waals surface area contributed by atoms with Crippen LogP contribution < -0.4 is 10.6 Å². The Morgan fingerprint density at radius 1 is 1.50 bits per heavy atom. The van der Waals surface area contributed by atoms with Crippen molar-refractivity contribution in [2.45, 2.75) is 17.4 Å². The molecule has 0 radical (unpaired) electrons. The second kappa shape index (κ2) is 6.78. The smallest absolute Gasteiger partial charge is 0.226 e. The number of ether oxygens (including phenoxy) is 1. The third-order valence-electron chi connectivity index (χ3n) is 2.80. The predicted octanol–water partition coefficient (Wildman–Crippen LogP) is 1.73. The van der Waals surface area contributed by atoms with E-state index in [-0.39, 0.29) is 11.9 Å². The molecule has 1 aromatic carbocycles. The van der Waals surface area contributed by atoms with Crippen molar-refractivity contribution in [3.8, 4) is 0 Å². The number of anilines is 1. The molecule has 1 aliphatic heterocycles. The summed E-state index contributed by atoms with van der Waals surface area (Å²) >= 11 is 1.69. The van der Waals surface area contributed by atoms with E-state index in [2.05, 4.69) is 10.6 Å². The molecule has 5 heteroatoms. The minimum Gasteiger partial charge on any atom is -0.378 e. The van der Waals surface area contributed by atoms with E-state index in [1.165, 1.54) is 4.90 Å². The van der Waals surface area contributed by atoms with Gasteiger partial charge in [-0.3, -0.25) is 4.79 Å². The van der Waals surface area contributed by atoms with Gasteiger partial charge in [-0.15, -0.1) is 11.8 Å². The molecule has 1 saturated heterocycles. The van der Waals surface area contributed by atoms with Crippen LogP contribution in [0.2, 0.25) is 0 Å². The number of thioether (sulfide) groups is 1. The topological polar surface area (TPSA) is 50.4 Å². The summed E-state index contributed by atoms with van der Waals surface area (Å²) in [6, 6.07) is 7.98. The Bertz CT molecular complexity index is 388. The summed E-state index contributed by atoms with van der Waals surface area (Å²) in [5.41, 5.74) is 0.842. The van der Waals surface area contributed by atoms with Crippen LogP contribution in [0.4, 0.5) is 5.69 Å². The van der Waals surface area contributed by atoms with E-state index in [1.54, 1.807) is 11.8 Å². The summed E-state index contributed by atoms with van der Waals surface area (Å²) in [6.07, 6.45) is 2.48. The van der Waals surface area contributed by atoms with E-state index >= 15 is 0 Å². The fraction of sp³-hybridized carbons (Fsp3) is 0.462. The molecule has 1 fully saturated rings. The summed E-state index contributed by atoms with van der Waals surface area (Å²) in [4.78, 5) is 13.0. The van der Waals surface area contributed by atoms with Gasteiger partial charge in [0.15, 0.2) is 0 Å². The van der Waals surface area contributed by atoms with Gasteiger partial charge in [-0.25, -0.2) is 0 Å². The van der Waals surface area contributed by atoms with Gasteiger partial charge in [-0.1, -0.05) is 0 Å². The van der Waals surface area contributed by atoms with Crippen molar-refractivity contribution < 1.29 is 9.53 Å². The second-order valence-electron chi connectivity index (χ2n) is 4.21. The Kier molecular flexibility index (Phi) is 5.04. The first-order valence-corrected chi connectivity index (χ1v) is 7.25. The zero-order valence-corrected chi connectivity index (χ0v) is 11.3. The minimum atomic E-state index is 0.0231. The van der Waals surface area contributed by atoms with Crippen molar-refractivity contribution in [3.05, 3.63) is 24.3 Å². The number of carbonyl (C=O) groups is 1. The molecule has 1 amide bonds. The molecule has 0 spiro atoms. The zero-order valence-electron chi connectivity index (χ0n) is 10.4. The molecule has 1 aromatic rings. The normalized spacial score (nSPS) is 19.5. The van der Waals surface area contributed by atoms with Gasteiger partial charge in [-0.05, 0) is 30.5 Å². The summed E-state index contributed by atoms with van der Waals surface area (Å²) in [6.45, 7) is 2.16. The van der Waals surface area contributed by atoms with Crippen LogP contribution in [0, 0.1) is 0 Å². The zero-order chi connectivity index (χ0) is 12.8. The standard InChI is InChI=1S/C13H18N2O2S/c1-18-12-4-2-10(3-5-12)15-13(16)8-11-9-17-7-6-14-11/h2-5,11,14H,6-9H2,1H3,(H,15,16). The first-order valence-electron chi connectivity index (χ1n) is 6.03. The van der Waals surface area contributed by atoms with Gasteiger partial charge >= 0.3 is 0 Å². The highest BCUT2D eigenvalue weighted by Gasteiger charge is 2.16. The number of rotatable bonds is 4. The van der Waals surface area contributed by atoms with Gasteiger partial charge in [0.1, 0.15) is 0 Å². The molecule has 1 aliphatic rings. The highest BCUT2D eigenvalue weighted by atomic mass is 32.2. The quantitative estimate of drug-likeness (QED) is 0.815. The molecule has 0 bridgehead atoms. The van der Waals surface area contributed by atoms with Crippen LogP contribution in [-0.4, -0.2) is 38.0 Å². The monoisotopic (exact) mass is 266 g/mol. The van der Waals surface area contributed by atoms with E-state index in [0.717, 1.165) is 18.8 Å². The van der Waals surface area contributed by atoms with Crippen molar-refractivity contribution in [3.63, 3.8) is 0 Å². The number of nitrogens with one attached hydrogen (secondary N) is 2. The van der Waals surface area contributed by atoms with Crippen LogP contribution in [0.3, 0.4) is 0 Å². The van der Waals surface area contributed by atoms with E-state index in [0.29, 0.717) is 13.0 Å². The average Bonchev–Trinajstić information content (AvgIpc) is 2.40. The maximum Gasteiger partial charge on any atom is 0.226 e. The maximum atomic E-state index is 11.8. The molecule has 1 unspecified atom stereocenters. The number of hydrogen-bond acceptors (Lipinski definition) is 4. The van der Waals surface area contributed by atoms with Gasteiger partial charge in [0.2, 0.25) is 5.91 Å². The lowest BCUT2D eigenvalue weighted by atomic mass is 10.2. The first-order chi connectivity index (χ1) is 8.78. The molecule has 1 atom stereocenters. The van der Waals surface area contributed by atoms with Crippen LogP contribution in [-0.2, 0) is 9.53 Å². The van der Waals surface area contributed by atoms with Gasteiger partial charge in [0, 0.05) is 29.6 Å². The highest BCUT2D eigenvalue weighted by Crippen LogP contribution is 2.17. The lowest BCUT2D eigenvalue weighted by Gasteiger charge is -2.23. The Balaban J connectivity index is 1.82. The van der Waals surface area contributed by atoms with Gasteiger partial charge < -0.3 is 15.4 Å². The number of hydrogen-bond donors (Lipinski definition) is 2. The molecule has 0 aliphatic carbocycles. The summed E-state index contributed by atoms with van der Waals surface area (Å²) in [7, 11) is 0. The number of morpholine rings is 1. The van der Waals surface area contributed by atoms with E-state index < -0.39 is 0 Å². The highest BCUT2D eigenvalue weighted by molar-refractivity contribution is 7.98. The average molecular weight is 266 g/mol. The van der Waals surface area contributed by atoms with E-state index in [4.69, 9.17) is 4.74 Å². The molecular formula is C13H18N2O2S. The number of benzene rings is 1. The molecule has 2 rings (SSSR count). The van der Waals surface area contributed by atoms with Crippen molar-refractivity contribution in [1.82, 2.24) is 5.32 Å². The van der Waals surface area contributed by atoms with Crippen LogP contribution in [0.25, 0.3) is 0 Å². The molecule has 1 heterocycles. The third-order valence-corrected chi connectivity index (χ3v) is 3.55. The Hall–Kier alpha value is -1.04. The van der Waals surface area contributed by atoms with Gasteiger partial charge in [0.25, 0.3) is 0 Å². The molecular weight excluding hydrogens is 248 g/mol. The third kappa shape index (κ3) is 4.01. The van der Waals surface area contributed by atoms with Crippen LogP contribution in [0.15, 0.2) is 29.2 Å². The molecule has 4 nitrogen and oxygen atoms in total. The van der Waals surface area contributed by atoms with Gasteiger partial charge in [0.05, 0.1) is 13.2 Å². The summed E-state index contributed by atoms with van der Waals surface area (Å²) in [5, 5.41) is 6.16. The van der Waals surface area contributed by atoms with Gasteiger partial charge in [-0.2, -0.15) is 0 Å². The lowest BCUT2D eigenvalue weighted by Crippen LogP contribution is -2.43. The largest absolute Gasteiger partial charge is 0.378 e. The minimum absolute atomic E-state index is 0.0231. The molecule has 18 heavy (non-hydrogen) atoms. The van der Waals surface area contributed by atoms with Crippen LogP contribution >= 0.6 is 11.8 Å². The van der Waals surface area contributed by atoms with Crippen LogP contribution in [0.5, 0.6) is 0 Å². The van der Waals surface area contributed by atoms with E-state index in [1.807, 2.05) is 30.5 Å². The fourth-order valence-corrected chi connectivity index (χ4v) is 2.27. The Labute approximate surface area is 111 Å². The summed E-state index contributed by atoms with van der Waals surface area (Å²) in [5.74, 6) is 0.0231. The number of amides is 1. The fourth-order valence-electron chi connectivity index (χ4n) is 1.86. The second-order valence-corrected chi connectivity index (χ2v) is 5.09. The van der Waals surface area contributed by atoms with Crippen molar-refractivity contribution in [2.24, 2.45) is 0 Å². The molecule has 0 saturated carbocycles. The molecule has 98 valence electrons. The molecule has 2 N–H and O–H groups in total. The molecule has 0 aromatic heterocycles. The number of carbonyl (C=O) groups excluding carboxylic acids is 1. The summed E-state index contributed by atoms with van der Waals surface area (Å²) < 4.78 is 5.32.